The molecule has 134 valence electrons. The highest BCUT2D eigenvalue weighted by Crippen LogP contribution is 2.04. The predicted octanol–water partition coefficient (Wildman–Crippen LogP) is 0.421. The van der Waals surface area contributed by atoms with Gasteiger partial charge in [0.15, 0.2) is 19.8 Å². The number of unbranched alkanes of at least 4 members (excludes halogenated alkanes) is 1. The Morgan fingerprint density at radius 3 is 2.00 bits per heavy atom. The number of amides is 2. The lowest BCUT2D eigenvalue weighted by molar-refractivity contribution is -0.144. The predicted molar refractivity (Wildman–Crippen MR) is 88.9 cm³/mol. The quantitative estimate of drug-likeness (QED) is 0.257. The van der Waals surface area contributed by atoms with Gasteiger partial charge in [-0.2, -0.15) is 0 Å². The Labute approximate surface area is 147 Å². The molecule has 8 heteroatoms. The van der Waals surface area contributed by atoms with Crippen molar-refractivity contribution in [2.24, 2.45) is 0 Å². The molecule has 0 aromatic carbocycles. The molecule has 2 amide bonds. The van der Waals surface area contributed by atoms with Gasteiger partial charge >= 0.3 is 18.2 Å². The van der Waals surface area contributed by atoms with Gasteiger partial charge in [-0.05, 0) is 19.3 Å². The Hall–Kier alpha value is -3.31. The van der Waals surface area contributed by atoms with Gasteiger partial charge in [-0.25, -0.2) is 14.4 Å². The molecule has 25 heavy (non-hydrogen) atoms. The van der Waals surface area contributed by atoms with Gasteiger partial charge in [0.2, 0.25) is 0 Å². The molecule has 0 aliphatic rings. The summed E-state index contributed by atoms with van der Waals surface area (Å²) in [6.07, 6.45) is 14.8. The average molecular weight is 348 g/mol. The van der Waals surface area contributed by atoms with E-state index in [0.29, 0.717) is 19.4 Å². The molecule has 0 aromatic rings. The van der Waals surface area contributed by atoms with Crippen LogP contribution in [0, 0.1) is 37.0 Å². The Balaban J connectivity index is 4.26. The van der Waals surface area contributed by atoms with Crippen LogP contribution in [0.2, 0.25) is 0 Å². The lowest BCUT2D eigenvalue weighted by atomic mass is 10.1. The Bertz CT molecular complexity index is 567. The maximum Gasteiger partial charge on any atom is 0.408 e. The van der Waals surface area contributed by atoms with Crippen molar-refractivity contribution >= 4 is 18.2 Å². The van der Waals surface area contributed by atoms with E-state index in [1.165, 1.54) is 0 Å². The first-order chi connectivity index (χ1) is 12.0. The normalized spacial score (nSPS) is 10.1. The molecule has 0 radical (unpaired) electrons. The summed E-state index contributed by atoms with van der Waals surface area (Å²) in [5.74, 6) is 5.77. The summed E-state index contributed by atoms with van der Waals surface area (Å²) in [4.78, 5) is 34.5. The SMILES string of the molecule is C#CCOC(=O)NCCCC[C@H](NC(=O)OCC#C)C(=O)OCC#C. The fourth-order valence-corrected chi connectivity index (χ4v) is 1.58. The van der Waals surface area contributed by atoms with Crippen LogP contribution in [0.1, 0.15) is 19.3 Å². The molecule has 0 heterocycles. The summed E-state index contributed by atoms with van der Waals surface area (Å²) in [5, 5.41) is 4.84. The summed E-state index contributed by atoms with van der Waals surface area (Å²) < 4.78 is 14.1. The second-order valence-corrected chi connectivity index (χ2v) is 4.49. The molecule has 0 saturated heterocycles. The fraction of sp³-hybridized carbons (Fsp3) is 0.471. The summed E-state index contributed by atoms with van der Waals surface area (Å²) in [5.41, 5.74) is 0. The van der Waals surface area contributed by atoms with Crippen LogP contribution in [-0.2, 0) is 19.0 Å². The van der Waals surface area contributed by atoms with Gasteiger partial charge in [-0.1, -0.05) is 17.8 Å². The number of alkyl carbamates (subject to hydrolysis) is 2. The molecule has 1 atom stereocenters. The molecule has 8 nitrogen and oxygen atoms in total. The first kappa shape index (κ1) is 21.7. The van der Waals surface area contributed by atoms with Crippen molar-refractivity contribution in [2.45, 2.75) is 25.3 Å². The van der Waals surface area contributed by atoms with Crippen LogP contribution in [0.5, 0.6) is 0 Å². The average Bonchev–Trinajstić information content (AvgIpc) is 2.61. The largest absolute Gasteiger partial charge is 0.451 e. The number of rotatable bonds is 10. The molecule has 0 aromatic heterocycles. The lowest BCUT2D eigenvalue weighted by Crippen LogP contribution is -2.42. The monoisotopic (exact) mass is 348 g/mol. The van der Waals surface area contributed by atoms with Crippen molar-refractivity contribution in [1.29, 1.82) is 0 Å². The molecule has 0 unspecified atom stereocenters. The molecule has 0 bridgehead atoms. The maximum absolute atomic E-state index is 11.9. The van der Waals surface area contributed by atoms with E-state index < -0.39 is 24.2 Å². The van der Waals surface area contributed by atoms with E-state index in [0.717, 1.165) is 0 Å². The standard InChI is InChI=1S/C17H20N2O6/c1-4-11-23-15(20)14(19-17(22)25-13-6-3)9-7-8-10-18-16(21)24-12-5-2/h1-3,14H,7-13H2,(H,18,21)(H,19,22)/t14-/m0/s1. The van der Waals surface area contributed by atoms with Crippen molar-refractivity contribution in [1.82, 2.24) is 10.6 Å². The summed E-state index contributed by atoms with van der Waals surface area (Å²) in [6, 6.07) is -0.938. The minimum absolute atomic E-state index is 0.112. The zero-order valence-corrected chi connectivity index (χ0v) is 13.7. The molecule has 0 rings (SSSR count). The number of terminal acetylenes is 3. The van der Waals surface area contributed by atoms with Gasteiger partial charge in [0.1, 0.15) is 6.04 Å². The number of ether oxygens (including phenoxy) is 3. The van der Waals surface area contributed by atoms with Gasteiger partial charge in [0.25, 0.3) is 0 Å². The topological polar surface area (TPSA) is 103 Å². The number of nitrogens with one attached hydrogen (secondary N) is 2. The molecular weight excluding hydrogens is 328 g/mol. The highest BCUT2D eigenvalue weighted by molar-refractivity contribution is 5.81. The highest BCUT2D eigenvalue weighted by Gasteiger charge is 2.22. The number of hydrogen-bond donors (Lipinski definition) is 2. The second kappa shape index (κ2) is 14.3. The summed E-state index contributed by atoms with van der Waals surface area (Å²) in [6.45, 7) is -0.226. The van der Waals surface area contributed by atoms with Gasteiger partial charge in [0, 0.05) is 6.54 Å². The fourth-order valence-electron chi connectivity index (χ4n) is 1.58. The lowest BCUT2D eigenvalue weighted by Gasteiger charge is -2.16. The molecule has 0 aliphatic heterocycles. The van der Waals surface area contributed by atoms with Gasteiger partial charge in [0.05, 0.1) is 0 Å². The zero-order chi connectivity index (χ0) is 18.9. The summed E-state index contributed by atoms with van der Waals surface area (Å²) >= 11 is 0. The Kier molecular flexibility index (Phi) is 12.4. The first-order valence-corrected chi connectivity index (χ1v) is 7.36. The number of carbonyl (C=O) groups is 3. The van der Waals surface area contributed by atoms with Crippen molar-refractivity contribution in [3.8, 4) is 37.0 Å². The Morgan fingerprint density at radius 1 is 0.840 bits per heavy atom. The van der Waals surface area contributed by atoms with Gasteiger partial charge in [-0.3, -0.25) is 0 Å². The van der Waals surface area contributed by atoms with E-state index in [4.69, 9.17) is 24.0 Å². The zero-order valence-electron chi connectivity index (χ0n) is 13.7. The van der Waals surface area contributed by atoms with Crippen LogP contribution in [-0.4, -0.2) is 50.6 Å². The van der Waals surface area contributed by atoms with E-state index >= 15 is 0 Å². The number of carbonyl (C=O) groups excluding carboxylic acids is 3. The second-order valence-electron chi connectivity index (χ2n) is 4.49. The van der Waals surface area contributed by atoms with Crippen LogP contribution in [0.3, 0.4) is 0 Å². The summed E-state index contributed by atoms with van der Waals surface area (Å²) in [7, 11) is 0. The van der Waals surface area contributed by atoms with Crippen LogP contribution < -0.4 is 10.6 Å². The van der Waals surface area contributed by atoms with E-state index in [1.54, 1.807) is 0 Å². The molecule has 0 spiro atoms. The first-order valence-electron chi connectivity index (χ1n) is 7.36. The van der Waals surface area contributed by atoms with Gasteiger partial charge in [-0.15, -0.1) is 19.3 Å². The minimum atomic E-state index is -0.938. The number of esters is 1. The van der Waals surface area contributed by atoms with E-state index in [2.05, 4.69) is 37.9 Å². The van der Waals surface area contributed by atoms with Crippen LogP contribution in [0.25, 0.3) is 0 Å². The van der Waals surface area contributed by atoms with Crippen LogP contribution >= 0.6 is 0 Å². The molecule has 0 fully saturated rings. The molecule has 2 N–H and O–H groups in total. The highest BCUT2D eigenvalue weighted by atomic mass is 16.6. The maximum atomic E-state index is 11.9. The van der Waals surface area contributed by atoms with Crippen molar-refractivity contribution in [3.63, 3.8) is 0 Å². The van der Waals surface area contributed by atoms with Crippen molar-refractivity contribution in [2.75, 3.05) is 26.4 Å². The number of hydrogen-bond acceptors (Lipinski definition) is 6. The Morgan fingerprint density at radius 2 is 1.40 bits per heavy atom. The van der Waals surface area contributed by atoms with E-state index in [1.807, 2.05) is 0 Å². The molecular formula is C17H20N2O6. The van der Waals surface area contributed by atoms with Crippen LogP contribution in [0.15, 0.2) is 0 Å². The smallest absolute Gasteiger partial charge is 0.408 e. The third kappa shape index (κ3) is 11.9. The van der Waals surface area contributed by atoms with E-state index in [9.17, 15) is 14.4 Å². The van der Waals surface area contributed by atoms with E-state index in [-0.39, 0.29) is 26.2 Å². The van der Waals surface area contributed by atoms with Gasteiger partial charge < -0.3 is 24.8 Å². The minimum Gasteiger partial charge on any atom is -0.451 e. The third-order valence-corrected chi connectivity index (χ3v) is 2.64. The molecule has 0 aliphatic carbocycles. The van der Waals surface area contributed by atoms with Crippen molar-refractivity contribution in [3.05, 3.63) is 0 Å². The third-order valence-electron chi connectivity index (χ3n) is 2.64. The van der Waals surface area contributed by atoms with Crippen LogP contribution in [0.4, 0.5) is 9.59 Å². The van der Waals surface area contributed by atoms with Crippen molar-refractivity contribution < 1.29 is 28.6 Å². The molecule has 0 saturated carbocycles.